The van der Waals surface area contributed by atoms with E-state index in [4.69, 9.17) is 4.74 Å². The Morgan fingerprint density at radius 3 is 2.61 bits per heavy atom. The Bertz CT molecular complexity index is 365. The average Bonchev–Trinajstić information content (AvgIpc) is 2.38. The molecule has 0 bridgehead atoms. The molecule has 0 aliphatic heterocycles. The molecule has 0 spiro atoms. The van der Waals surface area contributed by atoms with E-state index in [9.17, 15) is 0 Å². The monoisotopic (exact) mass is 313 g/mol. The second kappa shape index (κ2) is 8.94. The summed E-state index contributed by atoms with van der Waals surface area (Å²) in [6.07, 6.45) is 0. The molecule has 1 aromatic rings. The molecule has 0 aromatic heterocycles. The van der Waals surface area contributed by atoms with Crippen LogP contribution >= 0.6 is 15.9 Å². The molecule has 0 amide bonds. The van der Waals surface area contributed by atoms with Gasteiger partial charge in [0.15, 0.2) is 5.96 Å². The Labute approximate surface area is 117 Å². The molecule has 0 fully saturated rings. The Balaban J connectivity index is 2.50. The second-order valence-corrected chi connectivity index (χ2v) is 4.66. The first-order valence-electron chi connectivity index (χ1n) is 6.01. The molecule has 1 rings (SSSR count). The number of rotatable bonds is 6. The molecule has 0 saturated carbocycles. The van der Waals surface area contributed by atoms with Crippen molar-refractivity contribution in [1.82, 2.24) is 10.6 Å². The number of hydrogen-bond donors (Lipinski definition) is 2. The minimum Gasteiger partial charge on any atom is -0.383 e. The van der Waals surface area contributed by atoms with Crippen LogP contribution in [0.3, 0.4) is 0 Å². The Morgan fingerprint density at radius 1 is 1.28 bits per heavy atom. The Hall–Kier alpha value is -1.07. The van der Waals surface area contributed by atoms with Crippen molar-refractivity contribution in [2.24, 2.45) is 4.99 Å². The third-order valence-electron chi connectivity index (χ3n) is 2.28. The number of methoxy groups -OCH3 is 1. The van der Waals surface area contributed by atoms with Crippen LogP contribution in [0.25, 0.3) is 0 Å². The van der Waals surface area contributed by atoms with Crippen LogP contribution < -0.4 is 10.6 Å². The molecule has 0 saturated heterocycles. The lowest BCUT2D eigenvalue weighted by molar-refractivity contribution is 0.203. The van der Waals surface area contributed by atoms with Gasteiger partial charge in [-0.1, -0.05) is 28.1 Å². The van der Waals surface area contributed by atoms with Gasteiger partial charge in [-0.2, -0.15) is 0 Å². The first-order valence-corrected chi connectivity index (χ1v) is 6.81. The first-order chi connectivity index (χ1) is 8.76. The summed E-state index contributed by atoms with van der Waals surface area (Å²) in [5, 5.41) is 6.41. The van der Waals surface area contributed by atoms with Crippen LogP contribution in [0.5, 0.6) is 0 Å². The third-order valence-corrected chi connectivity index (χ3v) is 2.80. The highest BCUT2D eigenvalue weighted by Crippen LogP contribution is 2.10. The summed E-state index contributed by atoms with van der Waals surface area (Å²) in [6.45, 7) is 4.98. The molecule has 0 heterocycles. The fourth-order valence-corrected chi connectivity index (χ4v) is 1.64. The zero-order valence-corrected chi connectivity index (χ0v) is 12.5. The van der Waals surface area contributed by atoms with E-state index in [1.165, 1.54) is 5.56 Å². The van der Waals surface area contributed by atoms with E-state index >= 15 is 0 Å². The van der Waals surface area contributed by atoms with E-state index in [1.54, 1.807) is 7.11 Å². The van der Waals surface area contributed by atoms with Crippen LogP contribution in [0.4, 0.5) is 0 Å². The van der Waals surface area contributed by atoms with Crippen molar-refractivity contribution in [2.75, 3.05) is 26.8 Å². The smallest absolute Gasteiger partial charge is 0.191 e. The number of benzene rings is 1. The highest BCUT2D eigenvalue weighted by molar-refractivity contribution is 9.10. The maximum atomic E-state index is 5.00. The molecule has 0 aliphatic rings. The van der Waals surface area contributed by atoms with Gasteiger partial charge in [0.25, 0.3) is 0 Å². The lowest BCUT2D eigenvalue weighted by Crippen LogP contribution is -2.38. The van der Waals surface area contributed by atoms with Crippen molar-refractivity contribution in [2.45, 2.75) is 13.5 Å². The zero-order valence-electron chi connectivity index (χ0n) is 10.9. The maximum absolute atomic E-state index is 5.00. The Kier molecular flexibility index (Phi) is 7.44. The number of halogens is 1. The topological polar surface area (TPSA) is 45.7 Å². The zero-order chi connectivity index (χ0) is 13.2. The minimum atomic E-state index is 0.662. The molecule has 5 heteroatoms. The van der Waals surface area contributed by atoms with Crippen molar-refractivity contribution in [1.29, 1.82) is 0 Å². The van der Waals surface area contributed by atoms with Crippen LogP contribution in [0, 0.1) is 0 Å². The van der Waals surface area contributed by atoms with Gasteiger partial charge >= 0.3 is 0 Å². The second-order valence-electron chi connectivity index (χ2n) is 3.74. The van der Waals surface area contributed by atoms with Crippen LogP contribution in [0.15, 0.2) is 33.7 Å². The highest BCUT2D eigenvalue weighted by Gasteiger charge is 1.97. The number of aliphatic imine (C=N–C) groups is 1. The van der Waals surface area contributed by atoms with E-state index in [2.05, 4.69) is 43.7 Å². The number of ether oxygens (including phenoxy) is 1. The van der Waals surface area contributed by atoms with Crippen LogP contribution in [0.1, 0.15) is 12.5 Å². The van der Waals surface area contributed by atoms with E-state index in [1.807, 2.05) is 19.1 Å². The van der Waals surface area contributed by atoms with Crippen molar-refractivity contribution < 1.29 is 4.74 Å². The fourth-order valence-electron chi connectivity index (χ4n) is 1.37. The summed E-state index contributed by atoms with van der Waals surface area (Å²) in [5.41, 5.74) is 1.18. The fraction of sp³-hybridized carbons (Fsp3) is 0.462. The van der Waals surface area contributed by atoms with Gasteiger partial charge in [-0.15, -0.1) is 0 Å². The minimum absolute atomic E-state index is 0.662. The quantitative estimate of drug-likeness (QED) is 0.480. The van der Waals surface area contributed by atoms with Gasteiger partial charge in [0.2, 0.25) is 0 Å². The lowest BCUT2D eigenvalue weighted by Gasteiger charge is -2.10. The van der Waals surface area contributed by atoms with Gasteiger partial charge in [-0.05, 0) is 24.6 Å². The van der Waals surface area contributed by atoms with Crippen LogP contribution in [-0.4, -0.2) is 32.8 Å². The standard InChI is InChI=1S/C13H20BrN3O/c1-3-15-13(16-8-9-18-2)17-10-11-4-6-12(14)7-5-11/h4-7H,3,8-10H2,1-2H3,(H2,15,16,17). The normalized spacial score (nSPS) is 11.4. The van der Waals surface area contributed by atoms with Gasteiger partial charge in [0.05, 0.1) is 13.2 Å². The summed E-state index contributed by atoms with van der Waals surface area (Å²) in [7, 11) is 1.69. The average molecular weight is 314 g/mol. The summed E-state index contributed by atoms with van der Waals surface area (Å²) >= 11 is 3.42. The molecule has 1 aromatic carbocycles. The van der Waals surface area contributed by atoms with E-state index in [0.717, 1.165) is 23.5 Å². The largest absolute Gasteiger partial charge is 0.383 e. The summed E-state index contributed by atoms with van der Waals surface area (Å²) in [6, 6.07) is 8.17. The predicted octanol–water partition coefficient (Wildman–Crippen LogP) is 2.15. The maximum Gasteiger partial charge on any atom is 0.191 e. The van der Waals surface area contributed by atoms with Gasteiger partial charge in [0, 0.05) is 24.7 Å². The van der Waals surface area contributed by atoms with E-state index in [0.29, 0.717) is 13.2 Å². The summed E-state index contributed by atoms with van der Waals surface area (Å²) < 4.78 is 6.08. The third kappa shape index (κ3) is 6.02. The molecule has 4 nitrogen and oxygen atoms in total. The van der Waals surface area contributed by atoms with E-state index in [-0.39, 0.29) is 0 Å². The summed E-state index contributed by atoms with van der Waals surface area (Å²) in [4.78, 5) is 4.51. The number of nitrogens with zero attached hydrogens (tertiary/aromatic N) is 1. The molecular weight excluding hydrogens is 294 g/mol. The van der Waals surface area contributed by atoms with Crippen LogP contribution in [0.2, 0.25) is 0 Å². The van der Waals surface area contributed by atoms with Crippen molar-refractivity contribution >= 4 is 21.9 Å². The molecule has 18 heavy (non-hydrogen) atoms. The van der Waals surface area contributed by atoms with Crippen LogP contribution in [-0.2, 0) is 11.3 Å². The van der Waals surface area contributed by atoms with Crippen molar-refractivity contribution in [3.8, 4) is 0 Å². The Morgan fingerprint density at radius 2 is 2.00 bits per heavy atom. The molecular formula is C13H20BrN3O. The van der Waals surface area contributed by atoms with Gasteiger partial charge in [-0.3, -0.25) is 0 Å². The molecule has 2 N–H and O–H groups in total. The highest BCUT2D eigenvalue weighted by atomic mass is 79.9. The molecule has 0 atom stereocenters. The van der Waals surface area contributed by atoms with Crippen molar-refractivity contribution in [3.63, 3.8) is 0 Å². The first kappa shape index (κ1) is 15.0. The van der Waals surface area contributed by atoms with Gasteiger partial charge in [-0.25, -0.2) is 4.99 Å². The van der Waals surface area contributed by atoms with Crippen molar-refractivity contribution in [3.05, 3.63) is 34.3 Å². The SMILES string of the molecule is CCNC(=NCc1ccc(Br)cc1)NCCOC. The number of hydrogen-bond acceptors (Lipinski definition) is 2. The lowest BCUT2D eigenvalue weighted by atomic mass is 10.2. The number of guanidine groups is 1. The molecule has 0 aliphatic carbocycles. The number of nitrogens with one attached hydrogen (secondary N) is 2. The molecule has 0 unspecified atom stereocenters. The predicted molar refractivity (Wildman–Crippen MR) is 78.8 cm³/mol. The van der Waals surface area contributed by atoms with Gasteiger partial charge in [0.1, 0.15) is 0 Å². The summed E-state index contributed by atoms with van der Waals surface area (Å²) in [5.74, 6) is 0.817. The van der Waals surface area contributed by atoms with Gasteiger partial charge < -0.3 is 15.4 Å². The molecule has 100 valence electrons. The molecule has 0 radical (unpaired) electrons. The van der Waals surface area contributed by atoms with E-state index < -0.39 is 0 Å².